The van der Waals surface area contributed by atoms with Crippen molar-refractivity contribution in [1.82, 2.24) is 10.1 Å². The van der Waals surface area contributed by atoms with Gasteiger partial charge >= 0.3 is 0 Å². The fraction of sp³-hybridized carbons (Fsp3) is 0.0952. The summed E-state index contributed by atoms with van der Waals surface area (Å²) in [6.45, 7) is 1.72. The summed E-state index contributed by atoms with van der Waals surface area (Å²) >= 11 is 0. The lowest BCUT2D eigenvalue weighted by molar-refractivity contribution is 0.101. The van der Waals surface area contributed by atoms with Gasteiger partial charge in [-0.25, -0.2) is 4.39 Å². The van der Waals surface area contributed by atoms with E-state index in [-0.39, 0.29) is 24.1 Å². The molecule has 0 radical (unpaired) electrons. The molecule has 4 rings (SSSR count). The summed E-state index contributed by atoms with van der Waals surface area (Å²) in [6.07, 6.45) is 0. The summed E-state index contributed by atoms with van der Waals surface area (Å²) < 4.78 is 29.6. The zero-order chi connectivity index (χ0) is 19.5. The third kappa shape index (κ3) is 3.83. The van der Waals surface area contributed by atoms with Crippen molar-refractivity contribution in [3.63, 3.8) is 0 Å². The second-order valence-electron chi connectivity index (χ2n) is 6.07. The van der Waals surface area contributed by atoms with E-state index >= 15 is 0 Å². The molecule has 7 heteroatoms. The summed E-state index contributed by atoms with van der Waals surface area (Å²) in [4.78, 5) is 15.6. The highest BCUT2D eigenvalue weighted by atomic mass is 19.1. The van der Waals surface area contributed by atoms with E-state index in [1.54, 1.807) is 48.5 Å². The maximum absolute atomic E-state index is 13.0. The van der Waals surface area contributed by atoms with Gasteiger partial charge in [-0.05, 0) is 67.6 Å². The van der Waals surface area contributed by atoms with Gasteiger partial charge in [0.1, 0.15) is 23.9 Å². The van der Waals surface area contributed by atoms with Gasteiger partial charge in [0, 0.05) is 11.1 Å². The van der Waals surface area contributed by atoms with Gasteiger partial charge in [0.25, 0.3) is 5.89 Å². The molecule has 0 fully saturated rings. The Kier molecular flexibility index (Phi) is 4.72. The number of rotatable bonds is 6. The van der Waals surface area contributed by atoms with Gasteiger partial charge in [0.2, 0.25) is 5.82 Å². The Morgan fingerprint density at radius 2 is 1.79 bits per heavy atom. The molecule has 0 N–H and O–H groups in total. The molecule has 28 heavy (non-hydrogen) atoms. The van der Waals surface area contributed by atoms with Crippen LogP contribution in [0.1, 0.15) is 23.0 Å². The van der Waals surface area contributed by atoms with Gasteiger partial charge in [-0.3, -0.25) is 4.79 Å². The van der Waals surface area contributed by atoms with Crippen LogP contribution in [-0.2, 0) is 6.61 Å². The summed E-state index contributed by atoms with van der Waals surface area (Å²) in [5.74, 6) is 1.84. The number of halogens is 1. The molecule has 0 saturated carbocycles. The average Bonchev–Trinajstić information content (AvgIpc) is 3.37. The predicted molar refractivity (Wildman–Crippen MR) is 98.2 cm³/mol. The minimum atomic E-state index is -0.334. The molecule has 2 aromatic carbocycles. The zero-order valence-electron chi connectivity index (χ0n) is 14.9. The predicted octanol–water partition coefficient (Wildman–Crippen LogP) is 4.92. The van der Waals surface area contributed by atoms with Crippen LogP contribution >= 0.6 is 0 Å². The number of aromatic nitrogens is 2. The van der Waals surface area contributed by atoms with Gasteiger partial charge in [0.05, 0.1) is 0 Å². The van der Waals surface area contributed by atoms with Crippen molar-refractivity contribution >= 4 is 5.78 Å². The van der Waals surface area contributed by atoms with E-state index in [4.69, 9.17) is 13.7 Å². The first-order chi connectivity index (χ1) is 13.6. The molecule has 4 aromatic rings. The quantitative estimate of drug-likeness (QED) is 0.443. The lowest BCUT2D eigenvalue weighted by Crippen LogP contribution is -1.95. The Morgan fingerprint density at radius 1 is 1.04 bits per heavy atom. The molecule has 0 saturated heterocycles. The molecule has 0 atom stereocenters. The summed E-state index contributed by atoms with van der Waals surface area (Å²) in [5.41, 5.74) is 1.27. The number of furan rings is 1. The van der Waals surface area contributed by atoms with E-state index in [2.05, 4.69) is 10.1 Å². The number of ether oxygens (including phenoxy) is 1. The Morgan fingerprint density at radius 3 is 2.50 bits per heavy atom. The van der Waals surface area contributed by atoms with Gasteiger partial charge in [-0.2, -0.15) is 4.98 Å². The fourth-order valence-corrected chi connectivity index (χ4v) is 2.55. The molecule has 2 heterocycles. The van der Waals surface area contributed by atoms with Crippen LogP contribution in [0.25, 0.3) is 23.0 Å². The molecule has 0 spiro atoms. The Hall–Kier alpha value is -3.74. The van der Waals surface area contributed by atoms with E-state index in [1.807, 2.05) is 0 Å². The van der Waals surface area contributed by atoms with Crippen LogP contribution in [0.15, 0.2) is 69.6 Å². The molecular formula is C21H15FN2O4. The van der Waals surface area contributed by atoms with E-state index in [9.17, 15) is 9.18 Å². The van der Waals surface area contributed by atoms with Crippen LogP contribution in [0.5, 0.6) is 5.75 Å². The van der Waals surface area contributed by atoms with Crippen LogP contribution in [0, 0.1) is 5.82 Å². The maximum atomic E-state index is 13.0. The minimum absolute atomic E-state index is 0.00166. The molecule has 0 aliphatic carbocycles. The van der Waals surface area contributed by atoms with Crippen LogP contribution in [0.2, 0.25) is 0 Å². The zero-order valence-corrected chi connectivity index (χ0v) is 14.9. The first-order valence-corrected chi connectivity index (χ1v) is 8.51. The first kappa shape index (κ1) is 17.7. The van der Waals surface area contributed by atoms with Crippen molar-refractivity contribution in [2.75, 3.05) is 0 Å². The van der Waals surface area contributed by atoms with E-state index in [1.165, 1.54) is 19.1 Å². The molecule has 0 bridgehead atoms. The van der Waals surface area contributed by atoms with Crippen molar-refractivity contribution in [1.29, 1.82) is 0 Å². The van der Waals surface area contributed by atoms with Crippen molar-refractivity contribution in [2.24, 2.45) is 0 Å². The van der Waals surface area contributed by atoms with Crippen molar-refractivity contribution < 1.29 is 22.9 Å². The number of hydrogen-bond donors (Lipinski definition) is 0. The Balaban J connectivity index is 1.43. The fourth-order valence-electron chi connectivity index (χ4n) is 2.55. The SMILES string of the molecule is CC(=O)c1ccc(OCc2ccc(-c3nc(-c4ccc(F)cc4)no3)o2)cc1. The van der Waals surface area contributed by atoms with Crippen LogP contribution in [0.3, 0.4) is 0 Å². The van der Waals surface area contributed by atoms with Gasteiger partial charge in [0.15, 0.2) is 11.5 Å². The van der Waals surface area contributed by atoms with Gasteiger partial charge in [-0.1, -0.05) is 5.16 Å². The molecule has 0 unspecified atom stereocenters. The second-order valence-corrected chi connectivity index (χ2v) is 6.07. The first-order valence-electron chi connectivity index (χ1n) is 8.51. The number of ketones is 1. The number of hydrogen-bond acceptors (Lipinski definition) is 6. The largest absolute Gasteiger partial charge is 0.486 e. The van der Waals surface area contributed by atoms with Crippen LogP contribution < -0.4 is 4.74 Å². The highest BCUT2D eigenvalue weighted by Crippen LogP contribution is 2.25. The standard InChI is InChI=1S/C21H15FN2O4/c1-13(25)14-4-8-17(9-5-14)26-12-18-10-11-19(27-18)21-23-20(24-28-21)15-2-6-16(22)7-3-15/h2-11H,12H2,1H3. The van der Waals surface area contributed by atoms with Crippen molar-refractivity contribution in [2.45, 2.75) is 13.5 Å². The van der Waals surface area contributed by atoms with Crippen molar-refractivity contribution in [3.05, 3.63) is 77.8 Å². The van der Waals surface area contributed by atoms with E-state index in [0.717, 1.165) is 0 Å². The summed E-state index contributed by atoms with van der Waals surface area (Å²) in [5, 5.41) is 3.89. The average molecular weight is 378 g/mol. The minimum Gasteiger partial charge on any atom is -0.486 e. The highest BCUT2D eigenvalue weighted by molar-refractivity contribution is 5.94. The van der Waals surface area contributed by atoms with Crippen LogP contribution in [-0.4, -0.2) is 15.9 Å². The number of benzene rings is 2. The normalized spacial score (nSPS) is 10.8. The molecule has 0 aliphatic heterocycles. The van der Waals surface area contributed by atoms with E-state index < -0.39 is 0 Å². The molecule has 0 aliphatic rings. The van der Waals surface area contributed by atoms with Gasteiger partial charge < -0.3 is 13.7 Å². The molecular weight excluding hydrogens is 363 g/mol. The number of Topliss-reactive ketones (excluding diaryl/α,β-unsaturated/α-hetero) is 1. The lowest BCUT2D eigenvalue weighted by atomic mass is 10.1. The number of carbonyl (C=O) groups is 1. The maximum Gasteiger partial charge on any atom is 0.293 e. The smallest absolute Gasteiger partial charge is 0.293 e. The molecule has 6 nitrogen and oxygen atoms in total. The third-order valence-electron chi connectivity index (χ3n) is 4.04. The third-order valence-corrected chi connectivity index (χ3v) is 4.04. The van der Waals surface area contributed by atoms with E-state index in [0.29, 0.717) is 34.2 Å². The van der Waals surface area contributed by atoms with Crippen molar-refractivity contribution in [3.8, 4) is 28.8 Å². The molecule has 0 amide bonds. The Labute approximate surface area is 159 Å². The second kappa shape index (κ2) is 7.48. The Bertz CT molecular complexity index is 1100. The highest BCUT2D eigenvalue weighted by Gasteiger charge is 2.14. The summed E-state index contributed by atoms with van der Waals surface area (Å²) in [7, 11) is 0. The molecule has 140 valence electrons. The number of carbonyl (C=O) groups excluding carboxylic acids is 1. The summed E-state index contributed by atoms with van der Waals surface area (Å²) in [6, 6.07) is 16.1. The number of nitrogens with zero attached hydrogens (tertiary/aromatic N) is 2. The van der Waals surface area contributed by atoms with Gasteiger partial charge in [-0.15, -0.1) is 0 Å². The molecule has 2 aromatic heterocycles. The lowest BCUT2D eigenvalue weighted by Gasteiger charge is -2.04. The van der Waals surface area contributed by atoms with Crippen LogP contribution in [0.4, 0.5) is 4.39 Å². The monoisotopic (exact) mass is 378 g/mol. The topological polar surface area (TPSA) is 78.4 Å².